The second-order valence-electron chi connectivity index (χ2n) is 4.80. The van der Waals surface area contributed by atoms with Gasteiger partial charge in [0.05, 0.1) is 12.5 Å². The third-order valence-electron chi connectivity index (χ3n) is 3.38. The molecule has 0 saturated carbocycles. The lowest BCUT2D eigenvalue weighted by Crippen LogP contribution is -2.50. The average Bonchev–Trinajstić information content (AvgIpc) is 2.68. The van der Waals surface area contributed by atoms with Crippen molar-refractivity contribution in [1.82, 2.24) is 10.2 Å². The fourth-order valence-corrected chi connectivity index (χ4v) is 2.20. The van der Waals surface area contributed by atoms with Gasteiger partial charge in [0.25, 0.3) is 0 Å². The van der Waals surface area contributed by atoms with Gasteiger partial charge in [0, 0.05) is 25.5 Å². The molecule has 1 saturated heterocycles. The molecule has 4 heteroatoms. The van der Waals surface area contributed by atoms with E-state index in [1.165, 1.54) is 0 Å². The first-order valence-corrected chi connectivity index (χ1v) is 6.17. The van der Waals surface area contributed by atoms with Crippen LogP contribution in [0.15, 0.2) is 34.7 Å². The van der Waals surface area contributed by atoms with Crippen LogP contribution in [0.2, 0.25) is 0 Å². The number of benzene rings is 1. The zero-order valence-corrected chi connectivity index (χ0v) is 10.3. The molecule has 0 aliphatic carbocycles. The number of hydrogen-bond acceptors (Lipinski definition) is 3. The second kappa shape index (κ2) is 4.46. The first-order valence-electron chi connectivity index (χ1n) is 6.17. The molecule has 1 aromatic heterocycles. The molecule has 1 aromatic carbocycles. The van der Waals surface area contributed by atoms with Gasteiger partial charge in [0.15, 0.2) is 0 Å². The standard InChI is InChI=1S/C14H16N2O2/c1-16(14(17)11-7-15-8-11)9-12-6-10-4-2-3-5-13(10)18-12/h2-6,11,15H,7-9H2,1H3. The van der Waals surface area contributed by atoms with Gasteiger partial charge in [-0.25, -0.2) is 0 Å². The average molecular weight is 244 g/mol. The normalized spacial score (nSPS) is 15.6. The van der Waals surface area contributed by atoms with Gasteiger partial charge in [-0.15, -0.1) is 0 Å². The SMILES string of the molecule is CN(Cc1cc2ccccc2o1)C(=O)C1CNC1. The molecule has 1 fully saturated rings. The van der Waals surface area contributed by atoms with E-state index in [-0.39, 0.29) is 11.8 Å². The smallest absolute Gasteiger partial charge is 0.228 e. The van der Waals surface area contributed by atoms with Crippen molar-refractivity contribution in [1.29, 1.82) is 0 Å². The zero-order chi connectivity index (χ0) is 12.5. The number of nitrogens with one attached hydrogen (secondary N) is 1. The number of hydrogen-bond donors (Lipinski definition) is 1. The van der Waals surface area contributed by atoms with Crippen LogP contribution in [0.4, 0.5) is 0 Å². The lowest BCUT2D eigenvalue weighted by atomic mass is 10.0. The van der Waals surface area contributed by atoms with Crippen LogP contribution >= 0.6 is 0 Å². The number of furan rings is 1. The lowest BCUT2D eigenvalue weighted by molar-refractivity contribution is -0.136. The van der Waals surface area contributed by atoms with Crippen molar-refractivity contribution in [3.63, 3.8) is 0 Å². The summed E-state index contributed by atoms with van der Waals surface area (Å²) in [6.45, 7) is 2.12. The maximum Gasteiger partial charge on any atom is 0.228 e. The molecule has 2 aromatic rings. The third-order valence-corrected chi connectivity index (χ3v) is 3.38. The van der Waals surface area contributed by atoms with E-state index in [0.29, 0.717) is 6.54 Å². The van der Waals surface area contributed by atoms with Crippen molar-refractivity contribution >= 4 is 16.9 Å². The van der Waals surface area contributed by atoms with Gasteiger partial charge >= 0.3 is 0 Å². The fraction of sp³-hybridized carbons (Fsp3) is 0.357. The largest absolute Gasteiger partial charge is 0.459 e. The molecule has 4 nitrogen and oxygen atoms in total. The molecule has 0 bridgehead atoms. The summed E-state index contributed by atoms with van der Waals surface area (Å²) in [7, 11) is 1.83. The molecule has 3 rings (SSSR count). The van der Waals surface area contributed by atoms with Crippen LogP contribution in [0.25, 0.3) is 11.0 Å². The third kappa shape index (κ3) is 1.99. The molecule has 1 aliphatic heterocycles. The van der Waals surface area contributed by atoms with E-state index in [2.05, 4.69) is 5.32 Å². The number of carbonyl (C=O) groups excluding carboxylic acids is 1. The van der Waals surface area contributed by atoms with Gasteiger partial charge in [0.1, 0.15) is 11.3 Å². The molecule has 94 valence electrons. The lowest BCUT2D eigenvalue weighted by Gasteiger charge is -2.29. The topological polar surface area (TPSA) is 45.5 Å². The van der Waals surface area contributed by atoms with Crippen LogP contribution in [0.3, 0.4) is 0 Å². The Hall–Kier alpha value is -1.81. The van der Waals surface area contributed by atoms with Crippen LogP contribution in [0, 0.1) is 5.92 Å². The van der Waals surface area contributed by atoms with Crippen LogP contribution in [-0.2, 0) is 11.3 Å². The Morgan fingerprint density at radius 1 is 1.44 bits per heavy atom. The van der Waals surface area contributed by atoms with E-state index in [9.17, 15) is 4.79 Å². The molecular formula is C14H16N2O2. The summed E-state index contributed by atoms with van der Waals surface area (Å²) in [5.41, 5.74) is 0.874. The Kier molecular flexibility index (Phi) is 2.80. The van der Waals surface area contributed by atoms with E-state index >= 15 is 0 Å². The second-order valence-corrected chi connectivity index (χ2v) is 4.80. The predicted octanol–water partition coefficient (Wildman–Crippen LogP) is 1.61. The van der Waals surface area contributed by atoms with Gasteiger partial charge in [-0.1, -0.05) is 18.2 Å². The van der Waals surface area contributed by atoms with Gasteiger partial charge in [0.2, 0.25) is 5.91 Å². The van der Waals surface area contributed by atoms with Crippen molar-refractivity contribution in [3.05, 3.63) is 36.1 Å². The minimum atomic E-state index is 0.138. The van der Waals surface area contributed by atoms with Crippen molar-refractivity contribution in [3.8, 4) is 0 Å². The number of amides is 1. The van der Waals surface area contributed by atoms with E-state index in [0.717, 1.165) is 29.8 Å². The summed E-state index contributed by atoms with van der Waals surface area (Å²) in [6, 6.07) is 9.88. The minimum Gasteiger partial charge on any atom is -0.459 e. The molecule has 1 amide bonds. The fourth-order valence-electron chi connectivity index (χ4n) is 2.20. The Balaban J connectivity index is 1.73. The minimum absolute atomic E-state index is 0.138. The first kappa shape index (κ1) is 11.3. The maximum atomic E-state index is 12.0. The number of carbonyl (C=O) groups is 1. The Morgan fingerprint density at radius 2 is 2.22 bits per heavy atom. The van der Waals surface area contributed by atoms with Crippen LogP contribution in [0.5, 0.6) is 0 Å². The zero-order valence-electron chi connectivity index (χ0n) is 10.3. The molecule has 1 N–H and O–H groups in total. The first-order chi connectivity index (χ1) is 8.74. The monoisotopic (exact) mass is 244 g/mol. The van der Waals surface area contributed by atoms with Crippen molar-refractivity contribution in [2.75, 3.05) is 20.1 Å². The highest BCUT2D eigenvalue weighted by Crippen LogP contribution is 2.20. The van der Waals surface area contributed by atoms with Crippen LogP contribution < -0.4 is 5.32 Å². The Labute approximate surface area is 106 Å². The highest BCUT2D eigenvalue weighted by molar-refractivity contribution is 5.80. The number of rotatable bonds is 3. The summed E-state index contributed by atoms with van der Waals surface area (Å²) < 4.78 is 5.71. The number of para-hydroxylation sites is 1. The Bertz CT molecular complexity index is 539. The van der Waals surface area contributed by atoms with Crippen molar-refractivity contribution in [2.45, 2.75) is 6.54 Å². The molecule has 2 heterocycles. The molecule has 0 spiro atoms. The summed E-state index contributed by atoms with van der Waals surface area (Å²) >= 11 is 0. The molecule has 0 atom stereocenters. The van der Waals surface area contributed by atoms with Crippen LogP contribution in [0.1, 0.15) is 5.76 Å². The van der Waals surface area contributed by atoms with Gasteiger partial charge in [-0.3, -0.25) is 4.79 Å². The van der Waals surface area contributed by atoms with E-state index in [1.54, 1.807) is 4.90 Å². The highest BCUT2D eigenvalue weighted by Gasteiger charge is 2.27. The van der Waals surface area contributed by atoms with E-state index in [1.807, 2.05) is 37.4 Å². The molecular weight excluding hydrogens is 228 g/mol. The molecule has 0 unspecified atom stereocenters. The van der Waals surface area contributed by atoms with Crippen molar-refractivity contribution < 1.29 is 9.21 Å². The number of nitrogens with zero attached hydrogens (tertiary/aromatic N) is 1. The molecule has 1 aliphatic rings. The summed E-state index contributed by atoms with van der Waals surface area (Å²) in [5, 5.41) is 4.19. The Morgan fingerprint density at radius 3 is 2.89 bits per heavy atom. The van der Waals surface area contributed by atoms with E-state index < -0.39 is 0 Å². The quantitative estimate of drug-likeness (QED) is 0.892. The van der Waals surface area contributed by atoms with Crippen molar-refractivity contribution in [2.24, 2.45) is 5.92 Å². The summed E-state index contributed by atoms with van der Waals surface area (Å²) in [4.78, 5) is 13.7. The van der Waals surface area contributed by atoms with E-state index in [4.69, 9.17) is 4.42 Å². The molecule has 0 radical (unpaired) electrons. The highest BCUT2D eigenvalue weighted by atomic mass is 16.3. The van der Waals surface area contributed by atoms with Gasteiger partial charge < -0.3 is 14.6 Å². The van der Waals surface area contributed by atoms with Gasteiger partial charge in [-0.2, -0.15) is 0 Å². The van der Waals surface area contributed by atoms with Gasteiger partial charge in [-0.05, 0) is 12.1 Å². The predicted molar refractivity (Wildman–Crippen MR) is 69.0 cm³/mol. The number of fused-ring (bicyclic) bond motifs is 1. The summed E-state index contributed by atoms with van der Waals surface area (Å²) in [5.74, 6) is 1.16. The molecule has 18 heavy (non-hydrogen) atoms. The van der Waals surface area contributed by atoms with Crippen LogP contribution in [-0.4, -0.2) is 30.9 Å². The maximum absolute atomic E-state index is 12.0. The summed E-state index contributed by atoms with van der Waals surface area (Å²) in [6.07, 6.45) is 0.